The van der Waals surface area contributed by atoms with E-state index in [1.165, 1.54) is 17.7 Å². The van der Waals surface area contributed by atoms with Gasteiger partial charge in [-0.15, -0.1) is 0 Å². The number of hydrogen-bond donors (Lipinski definition) is 3. The number of halogens is 1. The van der Waals surface area contributed by atoms with Gasteiger partial charge in [0.15, 0.2) is 0 Å². The number of fused-ring (bicyclic) bond motifs is 1. The van der Waals surface area contributed by atoms with Crippen molar-refractivity contribution in [3.8, 4) is 0 Å². The predicted octanol–water partition coefficient (Wildman–Crippen LogP) is 4.30. The summed E-state index contributed by atoms with van der Waals surface area (Å²) in [6.45, 7) is 7.55. The second kappa shape index (κ2) is 14.5. The van der Waals surface area contributed by atoms with Crippen LogP contribution in [0.4, 0.5) is 15.0 Å². The summed E-state index contributed by atoms with van der Waals surface area (Å²) in [4.78, 5) is 32.8. The first-order chi connectivity index (χ1) is 17.9. The summed E-state index contributed by atoms with van der Waals surface area (Å²) in [6, 6.07) is 9.32. The van der Waals surface area contributed by atoms with Gasteiger partial charge in [0.05, 0.1) is 0 Å². The SMILES string of the molecule is CCN(CC)C(=O)NC(CCN(CCCCc1ccc2c(n1)NCCC2)Cc1ccc(F)cc1)C(=O)O. The number of unbranched alkanes of at least 4 members (excludes halogenated alkanes) is 1. The third-order valence-corrected chi connectivity index (χ3v) is 6.81. The number of hydrogen-bond acceptors (Lipinski definition) is 5. The van der Waals surface area contributed by atoms with Crippen molar-refractivity contribution >= 4 is 17.8 Å². The highest BCUT2D eigenvalue weighted by molar-refractivity contribution is 5.82. The van der Waals surface area contributed by atoms with Crippen molar-refractivity contribution in [3.63, 3.8) is 0 Å². The van der Waals surface area contributed by atoms with Crippen molar-refractivity contribution < 1.29 is 19.1 Å². The number of rotatable bonds is 14. The maximum absolute atomic E-state index is 13.4. The first-order valence-electron chi connectivity index (χ1n) is 13.4. The monoisotopic (exact) mass is 513 g/mol. The summed E-state index contributed by atoms with van der Waals surface area (Å²) in [5.41, 5.74) is 3.31. The summed E-state index contributed by atoms with van der Waals surface area (Å²) in [5, 5.41) is 15.7. The highest BCUT2D eigenvalue weighted by Crippen LogP contribution is 2.20. The minimum absolute atomic E-state index is 0.279. The second-order valence-corrected chi connectivity index (χ2v) is 9.50. The number of aromatic nitrogens is 1. The molecule has 1 aliphatic heterocycles. The van der Waals surface area contributed by atoms with E-state index < -0.39 is 12.0 Å². The topological polar surface area (TPSA) is 97.8 Å². The zero-order valence-corrected chi connectivity index (χ0v) is 22.0. The van der Waals surface area contributed by atoms with E-state index in [0.29, 0.717) is 26.2 Å². The Morgan fingerprint density at radius 3 is 2.57 bits per heavy atom. The van der Waals surface area contributed by atoms with Gasteiger partial charge >= 0.3 is 12.0 Å². The number of carboxylic acids is 1. The molecular formula is C28H40FN5O3. The predicted molar refractivity (Wildman–Crippen MR) is 143 cm³/mol. The van der Waals surface area contributed by atoms with Crippen LogP contribution >= 0.6 is 0 Å². The van der Waals surface area contributed by atoms with Gasteiger partial charge in [0.25, 0.3) is 0 Å². The lowest BCUT2D eigenvalue weighted by molar-refractivity contribution is -0.139. The standard InChI is InChI=1S/C28H40FN5O3/c1-3-34(4-2)28(37)32-25(27(35)36)16-19-33(20-21-10-13-23(29)14-11-21)18-6-5-9-24-15-12-22-8-7-17-30-26(22)31-24/h10-15,25H,3-9,16-20H2,1-2H3,(H,30,31)(H,32,37)(H,35,36). The molecule has 8 nitrogen and oxygen atoms in total. The molecule has 1 aromatic carbocycles. The molecule has 0 radical (unpaired) electrons. The minimum Gasteiger partial charge on any atom is -0.480 e. The van der Waals surface area contributed by atoms with E-state index >= 15 is 0 Å². The fourth-order valence-electron chi connectivity index (χ4n) is 4.59. The third-order valence-electron chi connectivity index (χ3n) is 6.81. The molecule has 2 amide bonds. The molecule has 0 bridgehead atoms. The van der Waals surface area contributed by atoms with Crippen LogP contribution in [0.15, 0.2) is 36.4 Å². The third kappa shape index (κ3) is 9.00. The lowest BCUT2D eigenvalue weighted by atomic mass is 10.1. The van der Waals surface area contributed by atoms with Crippen LogP contribution in [0.3, 0.4) is 0 Å². The minimum atomic E-state index is -1.05. The fraction of sp³-hybridized carbons (Fsp3) is 0.536. The number of aliphatic carboxylic acids is 1. The number of pyridine rings is 1. The van der Waals surface area contributed by atoms with E-state index in [1.54, 1.807) is 17.0 Å². The van der Waals surface area contributed by atoms with E-state index in [9.17, 15) is 19.1 Å². The van der Waals surface area contributed by atoms with Crippen LogP contribution in [0.1, 0.15) is 56.4 Å². The van der Waals surface area contributed by atoms with E-state index in [1.807, 2.05) is 13.8 Å². The Morgan fingerprint density at radius 1 is 1.11 bits per heavy atom. The highest BCUT2D eigenvalue weighted by atomic mass is 19.1. The molecule has 0 spiro atoms. The Bertz CT molecular complexity index is 1010. The largest absolute Gasteiger partial charge is 0.480 e. The molecule has 2 heterocycles. The maximum atomic E-state index is 13.4. The number of nitrogens with zero attached hydrogens (tertiary/aromatic N) is 3. The zero-order chi connectivity index (χ0) is 26.6. The molecule has 9 heteroatoms. The molecule has 202 valence electrons. The smallest absolute Gasteiger partial charge is 0.326 e. The highest BCUT2D eigenvalue weighted by Gasteiger charge is 2.23. The molecule has 37 heavy (non-hydrogen) atoms. The molecule has 0 saturated heterocycles. The lowest BCUT2D eigenvalue weighted by Gasteiger charge is -2.26. The van der Waals surface area contributed by atoms with Gasteiger partial charge < -0.3 is 20.6 Å². The number of carbonyl (C=O) groups excluding carboxylic acids is 1. The molecule has 1 aliphatic rings. The van der Waals surface area contributed by atoms with Gasteiger partial charge in [-0.05, 0) is 88.2 Å². The number of benzene rings is 1. The maximum Gasteiger partial charge on any atom is 0.326 e. The van der Waals surface area contributed by atoms with Gasteiger partial charge in [0.1, 0.15) is 17.7 Å². The first kappa shape index (κ1) is 28.4. The average Bonchev–Trinajstić information content (AvgIpc) is 2.90. The first-order valence-corrected chi connectivity index (χ1v) is 13.4. The number of carbonyl (C=O) groups is 2. The quantitative estimate of drug-likeness (QED) is 0.326. The van der Waals surface area contributed by atoms with Crippen molar-refractivity contribution in [2.75, 3.05) is 38.0 Å². The number of anilines is 1. The number of amides is 2. The van der Waals surface area contributed by atoms with Crippen molar-refractivity contribution in [1.29, 1.82) is 0 Å². The second-order valence-electron chi connectivity index (χ2n) is 9.50. The Hall–Kier alpha value is -3.20. The van der Waals surface area contributed by atoms with E-state index in [-0.39, 0.29) is 18.3 Å². The van der Waals surface area contributed by atoms with Crippen molar-refractivity contribution in [1.82, 2.24) is 20.1 Å². The van der Waals surface area contributed by atoms with Crippen LogP contribution in [-0.2, 0) is 24.2 Å². The van der Waals surface area contributed by atoms with Gasteiger partial charge in [0, 0.05) is 38.4 Å². The van der Waals surface area contributed by atoms with Crippen LogP contribution in [0.2, 0.25) is 0 Å². The number of aryl methyl sites for hydroxylation is 2. The molecule has 3 N–H and O–H groups in total. The summed E-state index contributed by atoms with van der Waals surface area (Å²) < 4.78 is 13.4. The van der Waals surface area contributed by atoms with Gasteiger partial charge in [-0.25, -0.2) is 19.0 Å². The number of urea groups is 1. The van der Waals surface area contributed by atoms with Crippen molar-refractivity contribution in [2.45, 2.75) is 65.0 Å². The van der Waals surface area contributed by atoms with Crippen LogP contribution in [0.5, 0.6) is 0 Å². The van der Waals surface area contributed by atoms with Crippen LogP contribution in [-0.4, -0.2) is 70.7 Å². The van der Waals surface area contributed by atoms with E-state index in [0.717, 1.165) is 62.3 Å². The summed E-state index contributed by atoms with van der Waals surface area (Å²) in [7, 11) is 0. The molecule has 0 fully saturated rings. The van der Waals surface area contributed by atoms with E-state index in [2.05, 4.69) is 27.7 Å². The Kier molecular flexibility index (Phi) is 11.1. The zero-order valence-electron chi connectivity index (χ0n) is 22.0. The molecule has 0 aliphatic carbocycles. The lowest BCUT2D eigenvalue weighted by Crippen LogP contribution is -2.49. The molecule has 0 saturated carbocycles. The molecule has 3 rings (SSSR count). The van der Waals surface area contributed by atoms with Gasteiger partial charge in [-0.2, -0.15) is 0 Å². The van der Waals surface area contributed by atoms with Gasteiger partial charge in [0.2, 0.25) is 0 Å². The van der Waals surface area contributed by atoms with Crippen molar-refractivity contribution in [3.05, 3.63) is 59.0 Å². The molecular weight excluding hydrogens is 473 g/mol. The van der Waals surface area contributed by atoms with Crippen molar-refractivity contribution in [2.24, 2.45) is 0 Å². The average molecular weight is 514 g/mol. The van der Waals surface area contributed by atoms with Crippen LogP contribution in [0.25, 0.3) is 0 Å². The fourth-order valence-corrected chi connectivity index (χ4v) is 4.59. The van der Waals surface area contributed by atoms with Gasteiger partial charge in [-0.3, -0.25) is 4.90 Å². The molecule has 1 atom stereocenters. The Labute approximate surface area is 219 Å². The summed E-state index contributed by atoms with van der Waals surface area (Å²) >= 11 is 0. The Morgan fingerprint density at radius 2 is 1.86 bits per heavy atom. The molecule has 2 aromatic rings. The van der Waals surface area contributed by atoms with Crippen LogP contribution in [0, 0.1) is 5.82 Å². The van der Waals surface area contributed by atoms with Crippen LogP contribution < -0.4 is 10.6 Å². The number of carboxylic acid groups (broad SMARTS) is 1. The van der Waals surface area contributed by atoms with E-state index in [4.69, 9.17) is 4.98 Å². The number of nitrogens with one attached hydrogen (secondary N) is 2. The van der Waals surface area contributed by atoms with Gasteiger partial charge in [-0.1, -0.05) is 18.2 Å². The Balaban J connectivity index is 1.56. The normalized spacial score (nSPS) is 13.5. The molecule has 1 unspecified atom stereocenters. The summed E-state index contributed by atoms with van der Waals surface area (Å²) in [5.74, 6) is -0.324. The summed E-state index contributed by atoms with van der Waals surface area (Å²) in [6.07, 6.45) is 5.22. The molecule has 1 aromatic heterocycles.